The molecule has 5 nitrogen and oxygen atoms in total. The fourth-order valence-electron chi connectivity index (χ4n) is 1.82. The monoisotopic (exact) mass is 257 g/mol. The molecule has 0 radical (unpaired) electrons. The molecule has 1 atom stereocenters. The number of nitrogens with one attached hydrogen (secondary N) is 1. The van der Waals surface area contributed by atoms with Crippen molar-refractivity contribution in [1.29, 1.82) is 0 Å². The fraction of sp³-hybridized carbons (Fsp3) is 0.154. The maximum absolute atomic E-state index is 13.1. The normalized spacial score (nSPS) is 12.5. The van der Waals surface area contributed by atoms with Crippen LogP contribution in [-0.4, -0.2) is 19.6 Å². The van der Waals surface area contributed by atoms with Crippen LogP contribution in [0.1, 0.15) is 18.7 Å². The van der Waals surface area contributed by atoms with E-state index in [1.54, 1.807) is 12.3 Å². The Kier molecular flexibility index (Phi) is 2.83. The molecule has 6 heteroatoms. The SMILES string of the molecule is CC(Nc1nc2ccc(F)cn2n1)c1ccccn1. The van der Waals surface area contributed by atoms with Gasteiger partial charge in [0.2, 0.25) is 5.95 Å². The van der Waals surface area contributed by atoms with Gasteiger partial charge in [-0.3, -0.25) is 4.98 Å². The van der Waals surface area contributed by atoms with Gasteiger partial charge in [0, 0.05) is 6.20 Å². The number of hydrogen-bond donors (Lipinski definition) is 1. The zero-order chi connectivity index (χ0) is 13.2. The molecule has 1 unspecified atom stereocenters. The summed E-state index contributed by atoms with van der Waals surface area (Å²) in [7, 11) is 0. The second-order valence-electron chi connectivity index (χ2n) is 4.21. The van der Waals surface area contributed by atoms with Crippen LogP contribution in [0.3, 0.4) is 0 Å². The van der Waals surface area contributed by atoms with Gasteiger partial charge in [-0.15, -0.1) is 5.10 Å². The summed E-state index contributed by atoms with van der Waals surface area (Å²) in [6.45, 7) is 1.97. The average Bonchev–Trinajstić information content (AvgIpc) is 2.81. The number of nitrogens with zero attached hydrogens (tertiary/aromatic N) is 4. The summed E-state index contributed by atoms with van der Waals surface area (Å²) in [4.78, 5) is 8.52. The molecule has 0 aliphatic carbocycles. The number of aromatic nitrogens is 4. The summed E-state index contributed by atoms with van der Waals surface area (Å²) in [6, 6.07) is 8.63. The number of halogens is 1. The topological polar surface area (TPSA) is 55.1 Å². The van der Waals surface area contributed by atoms with E-state index in [1.165, 1.54) is 16.8 Å². The lowest BCUT2D eigenvalue weighted by atomic mass is 10.2. The van der Waals surface area contributed by atoms with Crippen LogP contribution >= 0.6 is 0 Å². The minimum absolute atomic E-state index is 0.0246. The van der Waals surface area contributed by atoms with Crippen molar-refractivity contribution in [2.75, 3.05) is 5.32 Å². The Labute approximate surface area is 109 Å². The highest BCUT2D eigenvalue weighted by Gasteiger charge is 2.10. The Morgan fingerprint density at radius 1 is 1.26 bits per heavy atom. The maximum atomic E-state index is 13.1. The van der Waals surface area contributed by atoms with Crippen LogP contribution in [0.25, 0.3) is 5.65 Å². The van der Waals surface area contributed by atoms with E-state index in [4.69, 9.17) is 0 Å². The highest BCUT2D eigenvalue weighted by atomic mass is 19.1. The highest BCUT2D eigenvalue weighted by molar-refractivity contribution is 5.43. The average molecular weight is 257 g/mol. The van der Waals surface area contributed by atoms with Crippen molar-refractivity contribution in [3.63, 3.8) is 0 Å². The third-order valence-corrected chi connectivity index (χ3v) is 2.77. The van der Waals surface area contributed by atoms with Crippen LogP contribution in [-0.2, 0) is 0 Å². The van der Waals surface area contributed by atoms with Crippen molar-refractivity contribution >= 4 is 11.6 Å². The van der Waals surface area contributed by atoms with Gasteiger partial charge in [0.1, 0.15) is 5.82 Å². The molecular weight excluding hydrogens is 245 g/mol. The van der Waals surface area contributed by atoms with Crippen LogP contribution in [0.15, 0.2) is 42.7 Å². The summed E-state index contributed by atoms with van der Waals surface area (Å²) >= 11 is 0. The van der Waals surface area contributed by atoms with Gasteiger partial charge in [0.25, 0.3) is 0 Å². The van der Waals surface area contributed by atoms with Crippen molar-refractivity contribution in [1.82, 2.24) is 19.6 Å². The molecule has 0 saturated heterocycles. The number of anilines is 1. The summed E-state index contributed by atoms with van der Waals surface area (Å²) < 4.78 is 14.5. The van der Waals surface area contributed by atoms with Gasteiger partial charge in [-0.2, -0.15) is 4.98 Å². The fourth-order valence-corrected chi connectivity index (χ4v) is 1.82. The smallest absolute Gasteiger partial charge is 0.243 e. The van der Waals surface area contributed by atoms with E-state index in [2.05, 4.69) is 20.4 Å². The molecule has 0 spiro atoms. The predicted molar refractivity (Wildman–Crippen MR) is 69.2 cm³/mol. The van der Waals surface area contributed by atoms with Crippen molar-refractivity contribution in [3.8, 4) is 0 Å². The predicted octanol–water partition coefficient (Wildman–Crippen LogP) is 2.44. The maximum Gasteiger partial charge on any atom is 0.243 e. The standard InChI is InChI=1S/C13H12FN5/c1-9(11-4-2-3-7-15-11)16-13-17-12-6-5-10(14)8-19(12)18-13/h2-9H,1H3,(H,16,18). The number of fused-ring (bicyclic) bond motifs is 1. The lowest BCUT2D eigenvalue weighted by Crippen LogP contribution is -2.09. The molecule has 3 aromatic heterocycles. The molecule has 19 heavy (non-hydrogen) atoms. The molecule has 0 aliphatic rings. The van der Waals surface area contributed by atoms with Gasteiger partial charge in [-0.1, -0.05) is 6.07 Å². The Morgan fingerprint density at radius 2 is 2.16 bits per heavy atom. The summed E-state index contributed by atoms with van der Waals surface area (Å²) in [5.41, 5.74) is 1.49. The zero-order valence-corrected chi connectivity index (χ0v) is 10.3. The molecule has 0 amide bonds. The van der Waals surface area contributed by atoms with E-state index >= 15 is 0 Å². The van der Waals surface area contributed by atoms with Crippen LogP contribution in [0, 0.1) is 5.82 Å². The van der Waals surface area contributed by atoms with E-state index in [-0.39, 0.29) is 11.9 Å². The van der Waals surface area contributed by atoms with Crippen molar-refractivity contribution in [2.24, 2.45) is 0 Å². The number of hydrogen-bond acceptors (Lipinski definition) is 4. The quantitative estimate of drug-likeness (QED) is 0.783. The molecule has 3 rings (SSSR count). The third kappa shape index (κ3) is 2.37. The minimum atomic E-state index is -0.346. The van der Waals surface area contributed by atoms with E-state index < -0.39 is 0 Å². The first kappa shape index (κ1) is 11.6. The number of pyridine rings is 2. The first-order valence-electron chi connectivity index (χ1n) is 5.92. The van der Waals surface area contributed by atoms with E-state index in [0.29, 0.717) is 11.6 Å². The number of rotatable bonds is 3. The second kappa shape index (κ2) is 4.64. The van der Waals surface area contributed by atoms with E-state index in [0.717, 1.165) is 5.69 Å². The Bertz CT molecular complexity index is 695. The summed E-state index contributed by atoms with van der Waals surface area (Å²) in [6.07, 6.45) is 3.03. The van der Waals surface area contributed by atoms with E-state index in [9.17, 15) is 4.39 Å². The lowest BCUT2D eigenvalue weighted by Gasteiger charge is -2.10. The van der Waals surface area contributed by atoms with Crippen LogP contribution < -0.4 is 5.32 Å². The molecule has 1 N–H and O–H groups in total. The molecule has 0 aromatic carbocycles. The Balaban J connectivity index is 1.85. The highest BCUT2D eigenvalue weighted by Crippen LogP contribution is 2.15. The van der Waals surface area contributed by atoms with Crippen LogP contribution in [0.4, 0.5) is 10.3 Å². The molecule has 96 valence electrons. The van der Waals surface area contributed by atoms with Gasteiger partial charge in [0.05, 0.1) is 17.9 Å². The first-order chi connectivity index (χ1) is 9.22. The Hall–Kier alpha value is -2.50. The molecular formula is C13H12FN5. The van der Waals surface area contributed by atoms with Crippen molar-refractivity contribution < 1.29 is 4.39 Å². The molecule has 0 bridgehead atoms. The third-order valence-electron chi connectivity index (χ3n) is 2.77. The molecule has 0 saturated carbocycles. The minimum Gasteiger partial charge on any atom is -0.345 e. The molecule has 3 heterocycles. The van der Waals surface area contributed by atoms with Crippen molar-refractivity contribution in [2.45, 2.75) is 13.0 Å². The van der Waals surface area contributed by atoms with Gasteiger partial charge < -0.3 is 5.32 Å². The summed E-state index contributed by atoms with van der Waals surface area (Å²) in [5, 5.41) is 7.30. The lowest BCUT2D eigenvalue weighted by molar-refractivity contribution is 0.614. The van der Waals surface area contributed by atoms with Crippen molar-refractivity contribution in [3.05, 3.63) is 54.2 Å². The second-order valence-corrected chi connectivity index (χ2v) is 4.21. The zero-order valence-electron chi connectivity index (χ0n) is 10.3. The van der Waals surface area contributed by atoms with E-state index in [1.807, 2.05) is 25.1 Å². The van der Waals surface area contributed by atoms with Gasteiger partial charge in [0.15, 0.2) is 5.65 Å². The van der Waals surface area contributed by atoms with Gasteiger partial charge in [-0.25, -0.2) is 8.91 Å². The van der Waals surface area contributed by atoms with Crippen LogP contribution in [0.5, 0.6) is 0 Å². The van der Waals surface area contributed by atoms with Crippen LogP contribution in [0.2, 0.25) is 0 Å². The Morgan fingerprint density at radius 3 is 2.95 bits per heavy atom. The molecule has 0 aliphatic heterocycles. The largest absolute Gasteiger partial charge is 0.345 e. The summed E-state index contributed by atoms with van der Waals surface area (Å²) in [5.74, 6) is 0.102. The first-order valence-corrected chi connectivity index (χ1v) is 5.92. The molecule has 3 aromatic rings. The van der Waals surface area contributed by atoms with Gasteiger partial charge in [-0.05, 0) is 31.2 Å². The molecule has 0 fully saturated rings. The van der Waals surface area contributed by atoms with Gasteiger partial charge >= 0.3 is 0 Å².